The van der Waals surface area contributed by atoms with Crippen LogP contribution in [0.2, 0.25) is 0 Å². The number of fused-ring (bicyclic) bond motifs is 1. The van der Waals surface area contributed by atoms with Crippen LogP contribution in [0.25, 0.3) is 4.96 Å². The molecule has 0 amide bonds. The van der Waals surface area contributed by atoms with Gasteiger partial charge in [-0.15, -0.1) is 11.3 Å². The molecule has 2 rings (SSSR count). The van der Waals surface area contributed by atoms with Crippen molar-refractivity contribution in [1.29, 1.82) is 0 Å². The summed E-state index contributed by atoms with van der Waals surface area (Å²) in [6.45, 7) is 4.44. The quantitative estimate of drug-likeness (QED) is 0.605. The lowest BCUT2D eigenvalue weighted by Crippen LogP contribution is -2.61. The molecule has 20 heavy (non-hydrogen) atoms. The molecule has 0 aliphatic rings. The summed E-state index contributed by atoms with van der Waals surface area (Å²) in [5.74, 6) is 5.86. The molecule has 0 bridgehead atoms. The summed E-state index contributed by atoms with van der Waals surface area (Å²) in [4.78, 5) is 8.00. The minimum atomic E-state index is 0.0474. The second-order valence-corrected chi connectivity index (χ2v) is 6.33. The molecular weight excluding hydrogens is 270 g/mol. The zero-order valence-electron chi connectivity index (χ0n) is 12.8. The number of nitrogens with zero attached hydrogens (tertiary/aromatic N) is 3. The second-order valence-electron chi connectivity index (χ2n) is 5.45. The van der Waals surface area contributed by atoms with E-state index in [1.165, 1.54) is 0 Å². The van der Waals surface area contributed by atoms with E-state index in [2.05, 4.69) is 53.9 Å². The van der Waals surface area contributed by atoms with Crippen molar-refractivity contribution in [2.45, 2.75) is 44.7 Å². The molecule has 3 N–H and O–H groups in total. The monoisotopic (exact) mass is 295 g/mol. The van der Waals surface area contributed by atoms with Crippen LogP contribution in [-0.4, -0.2) is 40.0 Å². The van der Waals surface area contributed by atoms with Gasteiger partial charge in [-0.3, -0.25) is 15.7 Å². The number of likely N-dealkylation sites (N-methyl/N-ethyl adjacent to an activating group) is 1. The van der Waals surface area contributed by atoms with E-state index in [0.717, 1.165) is 29.9 Å². The van der Waals surface area contributed by atoms with Gasteiger partial charge in [-0.05, 0) is 26.9 Å². The summed E-state index contributed by atoms with van der Waals surface area (Å²) in [5, 5.41) is 2.05. The lowest BCUT2D eigenvalue weighted by molar-refractivity contribution is 0.0878. The molecule has 5 nitrogen and oxygen atoms in total. The first kappa shape index (κ1) is 15.4. The number of hydrazine groups is 1. The van der Waals surface area contributed by atoms with E-state index in [1.54, 1.807) is 11.3 Å². The first-order valence-corrected chi connectivity index (χ1v) is 8.00. The highest BCUT2D eigenvalue weighted by Gasteiger charge is 2.37. The third-order valence-corrected chi connectivity index (χ3v) is 5.29. The number of imidazole rings is 1. The van der Waals surface area contributed by atoms with Crippen molar-refractivity contribution in [1.82, 2.24) is 19.7 Å². The maximum atomic E-state index is 5.86. The Kier molecular flexibility index (Phi) is 4.80. The van der Waals surface area contributed by atoms with Gasteiger partial charge in [0.05, 0.1) is 5.69 Å². The lowest BCUT2D eigenvalue weighted by atomic mass is 9.81. The van der Waals surface area contributed by atoms with Crippen molar-refractivity contribution in [3.05, 3.63) is 23.5 Å². The van der Waals surface area contributed by atoms with Crippen LogP contribution in [-0.2, 0) is 6.42 Å². The molecule has 0 radical (unpaired) electrons. The van der Waals surface area contributed by atoms with E-state index in [-0.39, 0.29) is 11.6 Å². The molecule has 0 spiro atoms. The fourth-order valence-electron chi connectivity index (χ4n) is 3.17. The minimum Gasteiger partial charge on any atom is -0.302 e. The number of hydrogen-bond acceptors (Lipinski definition) is 5. The first-order chi connectivity index (χ1) is 9.57. The molecule has 0 saturated carbocycles. The predicted octanol–water partition coefficient (Wildman–Crippen LogP) is 1.89. The molecule has 0 fully saturated rings. The Balaban J connectivity index is 2.24. The summed E-state index contributed by atoms with van der Waals surface area (Å²) in [7, 11) is 4.26. The predicted molar refractivity (Wildman–Crippen MR) is 84.9 cm³/mol. The van der Waals surface area contributed by atoms with E-state index in [9.17, 15) is 0 Å². The molecular formula is C14H25N5S. The highest BCUT2D eigenvalue weighted by Crippen LogP contribution is 2.27. The standard InChI is InChI=1S/C14H25N5S/c1-5-14(6-2,18(3)4)12(17-15)9-11-10-19-7-8-20-13(19)16-11/h7-8,10,12,17H,5-6,9,15H2,1-4H3. The minimum absolute atomic E-state index is 0.0474. The van der Waals surface area contributed by atoms with Crippen LogP contribution in [0.1, 0.15) is 32.4 Å². The summed E-state index contributed by atoms with van der Waals surface area (Å²) < 4.78 is 2.07. The highest BCUT2D eigenvalue weighted by molar-refractivity contribution is 7.15. The van der Waals surface area contributed by atoms with Crippen LogP contribution in [0.3, 0.4) is 0 Å². The van der Waals surface area contributed by atoms with Crippen LogP contribution >= 0.6 is 11.3 Å². The molecule has 1 unspecified atom stereocenters. The third kappa shape index (κ3) is 2.61. The van der Waals surface area contributed by atoms with Crippen LogP contribution < -0.4 is 11.3 Å². The van der Waals surface area contributed by atoms with Gasteiger partial charge in [-0.1, -0.05) is 13.8 Å². The molecule has 6 heteroatoms. The molecule has 2 aromatic rings. The molecule has 0 aliphatic heterocycles. The van der Waals surface area contributed by atoms with E-state index < -0.39 is 0 Å². The molecule has 2 heterocycles. The van der Waals surface area contributed by atoms with E-state index >= 15 is 0 Å². The maximum absolute atomic E-state index is 5.86. The van der Waals surface area contributed by atoms with Gasteiger partial charge in [0.15, 0.2) is 4.96 Å². The van der Waals surface area contributed by atoms with Gasteiger partial charge >= 0.3 is 0 Å². The smallest absolute Gasteiger partial charge is 0.193 e. The summed E-state index contributed by atoms with van der Waals surface area (Å²) in [5.41, 5.74) is 4.16. The number of thiazole rings is 1. The fraction of sp³-hybridized carbons (Fsp3) is 0.643. The topological polar surface area (TPSA) is 58.6 Å². The molecule has 1 atom stereocenters. The number of nitrogens with two attached hydrogens (primary N) is 1. The van der Waals surface area contributed by atoms with Crippen molar-refractivity contribution in [3.63, 3.8) is 0 Å². The molecule has 0 saturated heterocycles. The van der Waals surface area contributed by atoms with Crippen LogP contribution in [0.4, 0.5) is 0 Å². The van der Waals surface area contributed by atoms with E-state index in [0.29, 0.717) is 0 Å². The second kappa shape index (κ2) is 6.22. The number of hydrogen-bond donors (Lipinski definition) is 2. The van der Waals surface area contributed by atoms with Gasteiger partial charge in [-0.25, -0.2) is 4.98 Å². The zero-order valence-corrected chi connectivity index (χ0v) is 13.6. The van der Waals surface area contributed by atoms with Gasteiger partial charge < -0.3 is 4.90 Å². The SMILES string of the molecule is CCC(CC)(C(Cc1cn2ccsc2n1)NN)N(C)C. The van der Waals surface area contributed by atoms with Crippen LogP contribution in [0, 0.1) is 0 Å². The molecule has 0 aliphatic carbocycles. The first-order valence-electron chi connectivity index (χ1n) is 7.12. The number of nitrogens with one attached hydrogen (secondary N) is 1. The van der Waals surface area contributed by atoms with Gasteiger partial charge in [0.2, 0.25) is 0 Å². The Morgan fingerprint density at radius 1 is 1.45 bits per heavy atom. The number of rotatable bonds is 7. The summed E-state index contributed by atoms with van der Waals surface area (Å²) in [6, 6.07) is 0.178. The van der Waals surface area contributed by atoms with E-state index in [4.69, 9.17) is 5.84 Å². The molecule has 2 aromatic heterocycles. The van der Waals surface area contributed by atoms with Gasteiger partial charge in [-0.2, -0.15) is 0 Å². The van der Waals surface area contributed by atoms with Crippen molar-refractivity contribution < 1.29 is 0 Å². The summed E-state index contributed by atoms with van der Waals surface area (Å²) >= 11 is 1.66. The van der Waals surface area contributed by atoms with Crippen molar-refractivity contribution >= 4 is 16.3 Å². The van der Waals surface area contributed by atoms with Crippen LogP contribution in [0.15, 0.2) is 17.8 Å². The maximum Gasteiger partial charge on any atom is 0.193 e. The third-order valence-electron chi connectivity index (χ3n) is 4.52. The van der Waals surface area contributed by atoms with Gasteiger partial charge in [0.25, 0.3) is 0 Å². The zero-order chi connectivity index (χ0) is 14.8. The summed E-state index contributed by atoms with van der Waals surface area (Å²) in [6.07, 6.45) is 7.08. The Morgan fingerprint density at radius 2 is 2.15 bits per heavy atom. The Hall–Kier alpha value is -0.950. The van der Waals surface area contributed by atoms with E-state index in [1.807, 2.05) is 11.6 Å². The molecule has 0 aromatic carbocycles. The van der Waals surface area contributed by atoms with Crippen molar-refractivity contribution in [3.8, 4) is 0 Å². The lowest BCUT2D eigenvalue weighted by Gasteiger charge is -2.44. The normalized spacial score (nSPS) is 14.3. The van der Waals surface area contributed by atoms with Crippen LogP contribution in [0.5, 0.6) is 0 Å². The van der Waals surface area contributed by atoms with Crippen molar-refractivity contribution in [2.24, 2.45) is 5.84 Å². The average molecular weight is 295 g/mol. The largest absolute Gasteiger partial charge is 0.302 e. The molecule has 112 valence electrons. The van der Waals surface area contributed by atoms with Crippen molar-refractivity contribution in [2.75, 3.05) is 14.1 Å². The van der Waals surface area contributed by atoms with Gasteiger partial charge in [0.1, 0.15) is 0 Å². The van der Waals surface area contributed by atoms with Gasteiger partial charge in [0, 0.05) is 35.8 Å². The highest BCUT2D eigenvalue weighted by atomic mass is 32.1. The fourth-order valence-corrected chi connectivity index (χ4v) is 3.89. The Labute approximate surface area is 124 Å². The number of aromatic nitrogens is 2. The Morgan fingerprint density at radius 3 is 2.65 bits per heavy atom. The average Bonchev–Trinajstić information content (AvgIpc) is 2.99. The Bertz CT molecular complexity index is 512.